The first kappa shape index (κ1) is 19.1. The molecular weight excluding hydrogens is 321 g/mol. The van der Waals surface area contributed by atoms with Crippen LogP contribution in [-0.2, 0) is 25.4 Å². The highest BCUT2D eigenvalue weighted by molar-refractivity contribution is 6.62. The van der Waals surface area contributed by atoms with Crippen molar-refractivity contribution < 1.29 is 32.3 Å². The van der Waals surface area contributed by atoms with Gasteiger partial charge in [-0.25, -0.2) is 0 Å². The number of alkyl halides is 2. The highest BCUT2D eigenvalue weighted by Crippen LogP contribution is 2.36. The molecule has 0 bridgehead atoms. The second-order valence-corrected chi connectivity index (χ2v) is 6.59. The number of benzene rings is 1. The molecule has 1 aliphatic rings. The molecule has 1 heterocycles. The van der Waals surface area contributed by atoms with Gasteiger partial charge in [0.25, 0.3) is 0 Å². The molecule has 0 N–H and O–H groups in total. The first-order valence-electron chi connectivity index (χ1n) is 7.66. The number of hydrogen-bond donors (Lipinski definition) is 0. The lowest BCUT2D eigenvalue weighted by molar-refractivity contribution is -0.0566. The summed E-state index contributed by atoms with van der Waals surface area (Å²) < 4.78 is 51.7. The smallest absolute Gasteiger partial charge is 0.434 e. The fraction of sp³-hybridized carbons (Fsp3) is 0.625. The molecule has 134 valence electrons. The minimum absolute atomic E-state index is 0.0504. The molecule has 5 nitrogen and oxygen atoms in total. The summed E-state index contributed by atoms with van der Waals surface area (Å²) in [5.41, 5.74) is 0.219. The van der Waals surface area contributed by atoms with Crippen molar-refractivity contribution in [2.45, 2.75) is 52.1 Å². The lowest BCUT2D eigenvalue weighted by Gasteiger charge is -2.32. The van der Waals surface area contributed by atoms with E-state index in [0.717, 1.165) is 0 Å². The van der Waals surface area contributed by atoms with E-state index >= 15 is 0 Å². The van der Waals surface area contributed by atoms with Gasteiger partial charge < -0.3 is 23.5 Å². The van der Waals surface area contributed by atoms with Crippen molar-refractivity contribution in [3.8, 4) is 5.75 Å². The van der Waals surface area contributed by atoms with Crippen molar-refractivity contribution in [1.82, 2.24) is 0 Å². The van der Waals surface area contributed by atoms with E-state index < -0.39 is 24.9 Å². The molecule has 0 unspecified atom stereocenters. The lowest BCUT2D eigenvalue weighted by Crippen LogP contribution is -2.41. The van der Waals surface area contributed by atoms with E-state index in [2.05, 4.69) is 4.74 Å². The zero-order chi connectivity index (χ0) is 18.0. The molecule has 2 rings (SSSR count). The van der Waals surface area contributed by atoms with Gasteiger partial charge in [0.2, 0.25) is 0 Å². The van der Waals surface area contributed by atoms with Gasteiger partial charge in [-0.3, -0.25) is 0 Å². The van der Waals surface area contributed by atoms with Gasteiger partial charge in [0.05, 0.1) is 17.8 Å². The number of halogens is 2. The van der Waals surface area contributed by atoms with Crippen LogP contribution >= 0.6 is 0 Å². The number of ether oxygens (including phenoxy) is 3. The molecule has 0 radical (unpaired) electrons. The van der Waals surface area contributed by atoms with Crippen molar-refractivity contribution in [2.24, 2.45) is 0 Å². The summed E-state index contributed by atoms with van der Waals surface area (Å²) >= 11 is 0. The van der Waals surface area contributed by atoms with Crippen molar-refractivity contribution in [3.63, 3.8) is 0 Å². The quantitative estimate of drug-likeness (QED) is 0.432. The van der Waals surface area contributed by atoms with E-state index in [9.17, 15) is 8.78 Å². The minimum atomic E-state index is -2.91. The molecule has 0 spiro atoms. The third-order valence-electron chi connectivity index (χ3n) is 4.28. The Hall–Kier alpha value is -1.22. The Balaban J connectivity index is 2.24. The Morgan fingerprint density at radius 1 is 1.12 bits per heavy atom. The van der Waals surface area contributed by atoms with E-state index in [-0.39, 0.29) is 19.1 Å². The van der Waals surface area contributed by atoms with Crippen LogP contribution in [0, 0.1) is 0 Å². The van der Waals surface area contributed by atoms with Crippen LogP contribution in [0.2, 0.25) is 0 Å². The van der Waals surface area contributed by atoms with Crippen molar-refractivity contribution in [2.75, 3.05) is 13.9 Å². The minimum Gasteiger partial charge on any atom is -0.434 e. The first-order valence-corrected chi connectivity index (χ1v) is 7.66. The van der Waals surface area contributed by atoms with Crippen LogP contribution in [0.15, 0.2) is 18.2 Å². The zero-order valence-corrected chi connectivity index (χ0v) is 14.6. The second-order valence-electron chi connectivity index (χ2n) is 6.59. The van der Waals surface area contributed by atoms with Gasteiger partial charge in [-0.05, 0) is 39.2 Å². The highest BCUT2D eigenvalue weighted by atomic mass is 19.3. The van der Waals surface area contributed by atoms with Crippen molar-refractivity contribution in [1.29, 1.82) is 0 Å². The molecule has 0 amide bonds. The first-order chi connectivity index (χ1) is 11.2. The SMILES string of the molecule is COCOCc1cc(B2OC(C)(C)C(C)(C)O2)ccc1OC(F)F. The number of methoxy groups -OCH3 is 1. The highest BCUT2D eigenvalue weighted by Gasteiger charge is 2.51. The Morgan fingerprint density at radius 2 is 1.75 bits per heavy atom. The molecule has 0 aromatic heterocycles. The summed E-state index contributed by atoms with van der Waals surface area (Å²) in [7, 11) is 0.897. The predicted octanol–water partition coefficient (Wildman–Crippen LogP) is 2.71. The summed E-state index contributed by atoms with van der Waals surface area (Å²) in [6, 6.07) is 4.81. The van der Waals surface area contributed by atoms with Crippen molar-refractivity contribution in [3.05, 3.63) is 23.8 Å². The summed E-state index contributed by atoms with van der Waals surface area (Å²) in [6.07, 6.45) is 0. The Morgan fingerprint density at radius 3 is 2.29 bits per heavy atom. The van der Waals surface area contributed by atoms with Crippen LogP contribution in [0.5, 0.6) is 5.75 Å². The summed E-state index contributed by atoms with van der Waals surface area (Å²) in [6.45, 7) is 5.01. The standard InChI is InChI=1S/C16H23BF2O5/c1-15(2)16(3,4)24-17(23-15)12-6-7-13(22-14(18)19)11(8-12)9-21-10-20-5/h6-8,14H,9-10H2,1-5H3. The zero-order valence-electron chi connectivity index (χ0n) is 14.6. The van der Waals surface area contributed by atoms with Gasteiger partial charge in [-0.1, -0.05) is 12.1 Å². The van der Waals surface area contributed by atoms with Gasteiger partial charge in [-0.15, -0.1) is 0 Å². The predicted molar refractivity (Wildman–Crippen MR) is 85.5 cm³/mol. The number of hydrogen-bond acceptors (Lipinski definition) is 5. The topological polar surface area (TPSA) is 46.2 Å². The van der Waals surface area contributed by atoms with E-state index in [1.54, 1.807) is 12.1 Å². The van der Waals surface area contributed by atoms with E-state index in [1.165, 1.54) is 13.2 Å². The van der Waals surface area contributed by atoms with Crippen LogP contribution in [0.25, 0.3) is 0 Å². The maximum Gasteiger partial charge on any atom is 0.494 e. The fourth-order valence-corrected chi connectivity index (χ4v) is 2.28. The van der Waals surface area contributed by atoms with Crippen LogP contribution in [0.3, 0.4) is 0 Å². The maximum absolute atomic E-state index is 12.6. The van der Waals surface area contributed by atoms with E-state index in [4.69, 9.17) is 18.8 Å². The Labute approximate surface area is 141 Å². The Bertz CT molecular complexity index is 549. The molecular formula is C16H23BF2O5. The Kier molecular flexibility index (Phi) is 5.85. The summed E-state index contributed by atoms with van der Waals surface area (Å²) in [5.74, 6) is 0.0568. The third kappa shape index (κ3) is 4.24. The van der Waals surface area contributed by atoms with Gasteiger partial charge >= 0.3 is 13.7 Å². The van der Waals surface area contributed by atoms with E-state index in [1.807, 2.05) is 27.7 Å². The lowest BCUT2D eigenvalue weighted by atomic mass is 9.78. The molecule has 1 saturated heterocycles. The average molecular weight is 344 g/mol. The second kappa shape index (κ2) is 7.35. The van der Waals surface area contributed by atoms with Gasteiger partial charge in [-0.2, -0.15) is 8.78 Å². The molecule has 8 heteroatoms. The molecule has 1 fully saturated rings. The average Bonchev–Trinajstić information content (AvgIpc) is 2.69. The van der Waals surface area contributed by atoms with Crippen molar-refractivity contribution >= 4 is 12.6 Å². The van der Waals surface area contributed by atoms with Gasteiger partial charge in [0.15, 0.2) is 0 Å². The fourth-order valence-electron chi connectivity index (χ4n) is 2.28. The molecule has 1 aromatic carbocycles. The molecule has 24 heavy (non-hydrogen) atoms. The van der Waals surface area contributed by atoms with Crippen LogP contribution in [-0.4, -0.2) is 38.8 Å². The van der Waals surface area contributed by atoms with Gasteiger partial charge in [0.1, 0.15) is 12.5 Å². The molecule has 1 aromatic rings. The molecule has 0 saturated carbocycles. The third-order valence-corrected chi connectivity index (χ3v) is 4.28. The summed E-state index contributed by atoms with van der Waals surface area (Å²) in [4.78, 5) is 0. The van der Waals surface area contributed by atoms with Crippen LogP contribution in [0.4, 0.5) is 8.78 Å². The van der Waals surface area contributed by atoms with Gasteiger partial charge in [0, 0.05) is 12.7 Å². The number of rotatable bonds is 7. The van der Waals surface area contributed by atoms with Crippen LogP contribution in [0.1, 0.15) is 33.3 Å². The monoisotopic (exact) mass is 344 g/mol. The molecule has 0 aliphatic carbocycles. The molecule has 0 atom stereocenters. The largest absolute Gasteiger partial charge is 0.494 e. The van der Waals surface area contributed by atoms with E-state index in [0.29, 0.717) is 11.0 Å². The van der Waals surface area contributed by atoms with Crippen LogP contribution < -0.4 is 10.2 Å². The normalized spacial score (nSPS) is 19.1. The molecule has 1 aliphatic heterocycles. The summed E-state index contributed by atoms with van der Waals surface area (Å²) in [5, 5.41) is 0. The maximum atomic E-state index is 12.6.